The average Bonchev–Trinajstić information content (AvgIpc) is 2.70. The molecular formula is C24H29NO3. The number of likely N-dealkylation sites (tertiary alicyclic amines) is 1. The third kappa shape index (κ3) is 5.44. The molecule has 1 aliphatic heterocycles. The number of aromatic carboxylic acids is 1. The maximum atomic E-state index is 12.5. The number of hydrogen-bond acceptors (Lipinski definition) is 2. The number of carbonyl (C=O) groups excluding carboxylic acids is 1. The lowest BCUT2D eigenvalue weighted by Gasteiger charge is -2.32. The highest BCUT2D eigenvalue weighted by Crippen LogP contribution is 2.24. The van der Waals surface area contributed by atoms with Crippen LogP contribution in [-0.4, -0.2) is 35.0 Å². The van der Waals surface area contributed by atoms with Crippen LogP contribution >= 0.6 is 0 Å². The van der Waals surface area contributed by atoms with Gasteiger partial charge < -0.3 is 10.0 Å². The molecule has 4 nitrogen and oxygen atoms in total. The van der Waals surface area contributed by atoms with E-state index < -0.39 is 5.97 Å². The van der Waals surface area contributed by atoms with E-state index in [4.69, 9.17) is 0 Å². The largest absolute Gasteiger partial charge is 0.478 e. The molecule has 0 radical (unpaired) electrons. The molecule has 0 aliphatic carbocycles. The molecule has 0 spiro atoms. The Balaban J connectivity index is 1.43. The summed E-state index contributed by atoms with van der Waals surface area (Å²) in [6.45, 7) is 3.64. The van der Waals surface area contributed by atoms with E-state index in [1.165, 1.54) is 11.1 Å². The van der Waals surface area contributed by atoms with E-state index in [1.54, 1.807) is 12.1 Å². The number of carbonyl (C=O) groups is 2. The predicted molar refractivity (Wildman–Crippen MR) is 111 cm³/mol. The maximum Gasteiger partial charge on any atom is 0.335 e. The van der Waals surface area contributed by atoms with Crippen LogP contribution in [-0.2, 0) is 17.6 Å². The number of nitrogens with zero attached hydrogens (tertiary/aromatic N) is 1. The normalized spacial score (nSPS) is 14.8. The smallest absolute Gasteiger partial charge is 0.335 e. The molecule has 2 aromatic rings. The fourth-order valence-electron chi connectivity index (χ4n) is 3.96. The second-order valence-corrected chi connectivity index (χ2v) is 7.83. The van der Waals surface area contributed by atoms with Crippen molar-refractivity contribution in [3.8, 4) is 0 Å². The number of benzene rings is 2. The maximum absolute atomic E-state index is 12.5. The highest BCUT2D eigenvalue weighted by molar-refractivity contribution is 5.89. The van der Waals surface area contributed by atoms with Crippen molar-refractivity contribution in [3.05, 3.63) is 70.8 Å². The summed E-state index contributed by atoms with van der Waals surface area (Å²) in [7, 11) is 0. The molecule has 1 fully saturated rings. The molecule has 1 saturated heterocycles. The summed E-state index contributed by atoms with van der Waals surface area (Å²) in [6.07, 6.45) is 5.08. The summed E-state index contributed by atoms with van der Waals surface area (Å²) in [5.74, 6) is -0.176. The second kappa shape index (κ2) is 9.54. The molecule has 2 aromatic carbocycles. The van der Waals surface area contributed by atoms with Crippen molar-refractivity contribution >= 4 is 11.9 Å². The van der Waals surface area contributed by atoms with Crippen molar-refractivity contribution in [2.75, 3.05) is 13.1 Å². The predicted octanol–water partition coefficient (Wildman–Crippen LogP) is 4.50. The van der Waals surface area contributed by atoms with E-state index in [9.17, 15) is 14.7 Å². The molecule has 1 N–H and O–H groups in total. The Bertz CT molecular complexity index is 805. The molecule has 0 aromatic heterocycles. The monoisotopic (exact) mass is 379 g/mol. The molecule has 0 atom stereocenters. The van der Waals surface area contributed by atoms with Gasteiger partial charge in [-0.3, -0.25) is 4.79 Å². The van der Waals surface area contributed by atoms with Crippen molar-refractivity contribution < 1.29 is 14.7 Å². The van der Waals surface area contributed by atoms with Crippen molar-refractivity contribution in [2.45, 2.75) is 45.4 Å². The minimum atomic E-state index is -0.864. The summed E-state index contributed by atoms with van der Waals surface area (Å²) >= 11 is 0. The number of hydrogen-bond donors (Lipinski definition) is 1. The van der Waals surface area contributed by atoms with Crippen molar-refractivity contribution in [2.24, 2.45) is 5.92 Å². The number of carboxylic acid groups (broad SMARTS) is 1. The molecule has 0 bridgehead atoms. The topological polar surface area (TPSA) is 57.6 Å². The SMILES string of the molecule is Cc1ccc(CCCC(=O)N2CCC(Cc3ccccc3C(=O)O)CC2)cc1. The first-order chi connectivity index (χ1) is 13.5. The van der Waals surface area contributed by atoms with Gasteiger partial charge in [-0.25, -0.2) is 4.79 Å². The number of piperidine rings is 1. The van der Waals surface area contributed by atoms with Crippen LogP contribution in [0.15, 0.2) is 48.5 Å². The summed E-state index contributed by atoms with van der Waals surface area (Å²) < 4.78 is 0. The second-order valence-electron chi connectivity index (χ2n) is 7.83. The molecule has 148 valence electrons. The van der Waals surface area contributed by atoms with E-state index in [-0.39, 0.29) is 5.91 Å². The van der Waals surface area contributed by atoms with Gasteiger partial charge >= 0.3 is 5.97 Å². The number of rotatable bonds is 7. The number of amides is 1. The van der Waals surface area contributed by atoms with Crippen molar-refractivity contribution in [3.63, 3.8) is 0 Å². The molecule has 0 saturated carbocycles. The van der Waals surface area contributed by atoms with Crippen LogP contribution in [0.2, 0.25) is 0 Å². The van der Waals surface area contributed by atoms with E-state index >= 15 is 0 Å². The van der Waals surface area contributed by atoms with Gasteiger partial charge in [0.2, 0.25) is 5.91 Å². The Kier molecular flexibility index (Phi) is 6.85. The molecule has 0 unspecified atom stereocenters. The average molecular weight is 380 g/mol. The van der Waals surface area contributed by atoms with Gasteiger partial charge in [0.25, 0.3) is 0 Å². The molecule has 1 heterocycles. The minimum absolute atomic E-state index is 0.247. The molecule has 3 rings (SSSR count). The summed E-state index contributed by atoms with van der Waals surface area (Å²) in [5, 5.41) is 9.34. The minimum Gasteiger partial charge on any atom is -0.478 e. The quantitative estimate of drug-likeness (QED) is 0.771. The zero-order valence-electron chi connectivity index (χ0n) is 16.6. The highest BCUT2D eigenvalue weighted by atomic mass is 16.4. The Labute approximate surface area is 167 Å². The Morgan fingerprint density at radius 2 is 1.71 bits per heavy atom. The van der Waals surface area contributed by atoms with E-state index in [0.29, 0.717) is 17.9 Å². The van der Waals surface area contributed by atoms with Gasteiger partial charge in [-0.2, -0.15) is 0 Å². The lowest BCUT2D eigenvalue weighted by Crippen LogP contribution is -2.38. The highest BCUT2D eigenvalue weighted by Gasteiger charge is 2.23. The van der Waals surface area contributed by atoms with Gasteiger partial charge in [-0.15, -0.1) is 0 Å². The zero-order chi connectivity index (χ0) is 19.9. The molecule has 1 amide bonds. The fourth-order valence-corrected chi connectivity index (χ4v) is 3.96. The van der Waals surface area contributed by atoms with E-state index in [1.807, 2.05) is 17.0 Å². The number of carboxylic acids is 1. The van der Waals surface area contributed by atoms with Gasteiger partial charge in [0.1, 0.15) is 0 Å². The summed E-state index contributed by atoms with van der Waals surface area (Å²) in [5.41, 5.74) is 3.85. The van der Waals surface area contributed by atoms with E-state index in [0.717, 1.165) is 50.8 Å². The first-order valence-corrected chi connectivity index (χ1v) is 10.2. The van der Waals surface area contributed by atoms with Gasteiger partial charge in [0, 0.05) is 19.5 Å². The van der Waals surface area contributed by atoms with Crippen LogP contribution in [0.5, 0.6) is 0 Å². The standard InChI is InChI=1S/C24H29NO3/c1-18-9-11-19(12-10-18)5-4-8-23(26)25-15-13-20(14-16-25)17-21-6-2-3-7-22(21)24(27)28/h2-3,6-7,9-12,20H,4-5,8,13-17H2,1H3,(H,27,28). The van der Waals surface area contributed by atoms with Crippen LogP contribution < -0.4 is 0 Å². The first-order valence-electron chi connectivity index (χ1n) is 10.2. The first kappa shape index (κ1) is 20.1. The van der Waals surface area contributed by atoms with Crippen LogP contribution in [0.1, 0.15) is 52.7 Å². The van der Waals surface area contributed by atoms with Crippen LogP contribution in [0.25, 0.3) is 0 Å². The van der Waals surface area contributed by atoms with E-state index in [2.05, 4.69) is 31.2 Å². The summed E-state index contributed by atoms with van der Waals surface area (Å²) in [6, 6.07) is 15.8. The molecular weight excluding hydrogens is 350 g/mol. The van der Waals surface area contributed by atoms with Crippen LogP contribution in [0.3, 0.4) is 0 Å². The van der Waals surface area contributed by atoms with Crippen molar-refractivity contribution in [1.82, 2.24) is 4.90 Å². The summed E-state index contributed by atoms with van der Waals surface area (Å²) in [4.78, 5) is 25.9. The molecule has 4 heteroatoms. The third-order valence-corrected chi connectivity index (χ3v) is 5.70. The molecule has 1 aliphatic rings. The van der Waals surface area contributed by atoms with Crippen molar-refractivity contribution in [1.29, 1.82) is 0 Å². The van der Waals surface area contributed by atoms with Crippen LogP contribution in [0.4, 0.5) is 0 Å². The van der Waals surface area contributed by atoms with Gasteiger partial charge in [0.05, 0.1) is 5.56 Å². The lowest BCUT2D eigenvalue weighted by atomic mass is 9.88. The lowest BCUT2D eigenvalue weighted by molar-refractivity contribution is -0.132. The van der Waals surface area contributed by atoms with Gasteiger partial charge in [0.15, 0.2) is 0 Å². The van der Waals surface area contributed by atoms with Crippen LogP contribution in [0, 0.1) is 12.8 Å². The fraction of sp³-hybridized carbons (Fsp3) is 0.417. The number of aryl methyl sites for hydroxylation is 2. The Hall–Kier alpha value is -2.62. The van der Waals surface area contributed by atoms with Gasteiger partial charge in [-0.1, -0.05) is 48.0 Å². The van der Waals surface area contributed by atoms with Gasteiger partial charge in [-0.05, 0) is 62.1 Å². The Morgan fingerprint density at radius 1 is 1.04 bits per heavy atom. The third-order valence-electron chi connectivity index (χ3n) is 5.70. The molecule has 28 heavy (non-hydrogen) atoms. The zero-order valence-corrected chi connectivity index (χ0v) is 16.6. The Morgan fingerprint density at radius 3 is 2.39 bits per heavy atom.